The standard InChI is InChI=1S/C55H89N3O34S2/c1-18(56)4-2-6-93-15-26-47-33(70)40(77)54(84-26)89-45-24(13-62)80-50(36(73)29(45)66)86-42-21(10-59)79-49(35(72)28(42)65)87-43-22(11-60)83-53(39(76)32(43)69)92-48-27(16-94-7-3-5-20(64)8-19-9-57-17-58-19)85-55(41(78)34(48)71)90-46-25(14-63)81-51(37(74)30(46)67)88-44-23(12-61)82-52(91-47)38(75)31(44)68/h9,17,21-56,59-63,65-78H,2-8,10-16H2,1H3,(H,57,58). The second kappa shape index (κ2) is 34.5. The second-order valence-electron chi connectivity index (χ2n) is 24.2. The Morgan fingerprint density at radius 2 is 0.638 bits per heavy atom. The molecule has 21 N–H and O–H groups in total. The summed E-state index contributed by atoms with van der Waals surface area (Å²) < 4.78 is 83.2. The summed E-state index contributed by atoms with van der Waals surface area (Å²) in [6.45, 7) is -3.53. The molecule has 0 amide bonds. The molecular weight excluding hydrogens is 1310 g/mol. The summed E-state index contributed by atoms with van der Waals surface area (Å²) in [5.74, 6) is 0.300. The van der Waals surface area contributed by atoms with Crippen molar-refractivity contribution in [3.05, 3.63) is 18.2 Å². The predicted molar refractivity (Wildman–Crippen MR) is 308 cm³/mol. The molecule has 94 heavy (non-hydrogen) atoms. The minimum Gasteiger partial charge on any atom is -0.394 e. The first-order valence-electron chi connectivity index (χ1n) is 30.9. The number of rotatable bonds is 19. The molecule has 22 rings (SSSR count). The number of carbonyl (C=O) groups excluding carboxylic acids is 1. The van der Waals surface area contributed by atoms with E-state index in [0.717, 1.165) is 11.8 Å². The Balaban J connectivity index is 1.00. The fourth-order valence-corrected chi connectivity index (χ4v) is 14.3. The molecule has 22 heterocycles. The monoisotopic (exact) mass is 1400 g/mol. The molecule has 37 nitrogen and oxygen atoms in total. The van der Waals surface area contributed by atoms with Gasteiger partial charge in [-0.3, -0.25) is 4.79 Å². The summed E-state index contributed by atoms with van der Waals surface area (Å²) in [4.78, 5) is 19.5. The second-order valence-corrected chi connectivity index (χ2v) is 26.5. The number of ketones is 1. The largest absolute Gasteiger partial charge is 0.394 e. The number of hydrogen-bond acceptors (Lipinski definition) is 38. The van der Waals surface area contributed by atoms with Crippen LogP contribution >= 0.6 is 23.5 Å². The molecule has 14 bridgehead atoms. The van der Waals surface area contributed by atoms with Crippen molar-refractivity contribution in [2.24, 2.45) is 0 Å². The number of nitrogens with zero attached hydrogens (tertiary/aromatic N) is 1. The van der Waals surface area contributed by atoms with Crippen molar-refractivity contribution < 1.29 is 168 Å². The minimum atomic E-state index is -2.21. The number of hydrogen-bond donors (Lipinski definition) is 21. The zero-order valence-corrected chi connectivity index (χ0v) is 52.3. The Morgan fingerprint density at radius 1 is 0.394 bits per heavy atom. The van der Waals surface area contributed by atoms with Crippen LogP contribution in [0.3, 0.4) is 0 Å². The molecule has 21 aliphatic heterocycles. The number of Topliss-reactive ketones (excluding diaryl/α,β-unsaturated/α-hetero) is 1. The highest BCUT2D eigenvalue weighted by Crippen LogP contribution is 2.40. The van der Waals surface area contributed by atoms with Gasteiger partial charge in [-0.15, -0.1) is 0 Å². The summed E-state index contributed by atoms with van der Waals surface area (Å²) in [6, 6.07) is 0. The van der Waals surface area contributed by atoms with Gasteiger partial charge >= 0.3 is 0 Å². The maximum absolute atomic E-state index is 12.7. The number of aromatic amines is 1. The van der Waals surface area contributed by atoms with Crippen LogP contribution in [-0.4, -0.2) is 389 Å². The number of ether oxygens (including phenoxy) is 14. The molecule has 0 spiro atoms. The molecule has 540 valence electrons. The molecule has 1 aromatic rings. The molecule has 0 saturated carbocycles. The summed E-state index contributed by atoms with van der Waals surface area (Å²) in [7, 11) is 0. The molecule has 21 fully saturated rings. The highest BCUT2D eigenvalue weighted by Gasteiger charge is 2.59. The summed E-state index contributed by atoms with van der Waals surface area (Å²) >= 11 is 2.38. The Bertz CT molecular complexity index is 2470. The molecule has 0 aliphatic carbocycles. The van der Waals surface area contributed by atoms with E-state index in [9.17, 15) is 102 Å². The highest BCUT2D eigenvalue weighted by molar-refractivity contribution is 7.99. The third-order valence-electron chi connectivity index (χ3n) is 17.5. The van der Waals surface area contributed by atoms with Gasteiger partial charge in [-0.2, -0.15) is 23.5 Å². The van der Waals surface area contributed by atoms with Crippen LogP contribution in [0.15, 0.2) is 12.5 Å². The van der Waals surface area contributed by atoms with Crippen molar-refractivity contribution in [1.29, 1.82) is 5.41 Å². The quantitative estimate of drug-likeness (QED) is 0.0452. The third-order valence-corrected chi connectivity index (χ3v) is 19.8. The van der Waals surface area contributed by atoms with E-state index in [4.69, 9.17) is 71.7 Å². The molecule has 0 aromatic carbocycles. The third kappa shape index (κ3) is 17.3. The Morgan fingerprint density at radius 3 is 0.872 bits per heavy atom. The van der Waals surface area contributed by atoms with E-state index in [1.165, 1.54) is 24.3 Å². The van der Waals surface area contributed by atoms with Crippen molar-refractivity contribution in [1.82, 2.24) is 9.97 Å². The lowest BCUT2D eigenvalue weighted by atomic mass is 9.95. The van der Waals surface area contributed by atoms with Crippen LogP contribution in [0.25, 0.3) is 0 Å². The van der Waals surface area contributed by atoms with Crippen LogP contribution in [0, 0.1) is 5.41 Å². The van der Waals surface area contributed by atoms with Crippen molar-refractivity contribution >= 4 is 35.0 Å². The van der Waals surface area contributed by atoms with E-state index in [-0.39, 0.29) is 35.9 Å². The van der Waals surface area contributed by atoms with Crippen molar-refractivity contribution in [3.8, 4) is 0 Å². The zero-order chi connectivity index (χ0) is 68.0. The number of thioether (sulfide) groups is 2. The van der Waals surface area contributed by atoms with Gasteiger partial charge in [0.2, 0.25) is 0 Å². The van der Waals surface area contributed by atoms with E-state index in [0.29, 0.717) is 36.4 Å². The zero-order valence-electron chi connectivity index (χ0n) is 50.6. The molecule has 1 aromatic heterocycles. The highest BCUT2D eigenvalue weighted by atomic mass is 32.2. The van der Waals surface area contributed by atoms with Crippen molar-refractivity contribution in [2.45, 2.75) is 254 Å². The molecule has 39 heteroatoms. The topological polar surface area (TPSA) is 583 Å². The lowest BCUT2D eigenvalue weighted by Gasteiger charge is -2.50. The fraction of sp³-hybridized carbons (Fsp3) is 0.909. The Labute approximate surface area is 545 Å². The van der Waals surface area contributed by atoms with E-state index >= 15 is 0 Å². The van der Waals surface area contributed by atoms with Crippen molar-refractivity contribution in [2.75, 3.05) is 56.0 Å². The lowest BCUT2D eigenvalue weighted by Crippen LogP contribution is -2.68. The average molecular weight is 1400 g/mol. The first kappa shape index (κ1) is 76.1. The van der Waals surface area contributed by atoms with E-state index in [1.807, 2.05) is 0 Å². The smallest absolute Gasteiger partial charge is 0.187 e. The maximum atomic E-state index is 12.7. The molecule has 21 saturated heterocycles. The average Bonchev–Trinajstić information content (AvgIpc) is 0.798. The summed E-state index contributed by atoms with van der Waals surface area (Å²) in [5, 5.41) is 224. The van der Waals surface area contributed by atoms with Crippen LogP contribution < -0.4 is 0 Å². The van der Waals surface area contributed by atoms with Gasteiger partial charge < -0.3 is 174 Å². The van der Waals surface area contributed by atoms with E-state index in [1.54, 1.807) is 6.92 Å². The number of H-pyrrole nitrogens is 1. The van der Waals surface area contributed by atoms with Gasteiger partial charge in [0.1, 0.15) is 164 Å². The van der Waals surface area contributed by atoms with Gasteiger partial charge in [0, 0.05) is 41.9 Å². The van der Waals surface area contributed by atoms with Gasteiger partial charge in [-0.25, -0.2) is 4.98 Å². The van der Waals surface area contributed by atoms with Crippen LogP contribution in [0.4, 0.5) is 0 Å². The van der Waals surface area contributed by atoms with Crippen LogP contribution in [0.2, 0.25) is 0 Å². The minimum absolute atomic E-state index is 0.0804. The summed E-state index contributed by atoms with van der Waals surface area (Å²) in [6.07, 6.45) is -64.0. The number of aliphatic hydroxyl groups excluding tert-OH is 19. The summed E-state index contributed by atoms with van der Waals surface area (Å²) in [5.41, 5.74) is 0.984. The van der Waals surface area contributed by atoms with Crippen molar-refractivity contribution in [3.63, 3.8) is 0 Å². The Hall–Kier alpha value is -2.07. The number of carbonyl (C=O) groups is 1. The SMILES string of the molecule is CC(=N)CCCSCC1OC2OC3C(CO)OC(OC4C(CO)OC(OC5C(CO)OC(OC6C(CSCCCC(=O)Cc7cnc[nH]7)OC(OC7C(CO)OC(OC8C(CO)OC(OC1C(O)C2O)C(O)C8O)C(O)C7O)C(O)C6O)C(O)C5O)C(O)C4O)C(O)C3O. The number of imidazole rings is 1. The van der Waals surface area contributed by atoms with Gasteiger partial charge in [-0.05, 0) is 37.7 Å². The lowest BCUT2D eigenvalue weighted by molar-refractivity contribution is -0.395. The predicted octanol–water partition coefficient (Wildman–Crippen LogP) is -10.6. The molecular formula is C55H89N3O34S2. The van der Waals surface area contributed by atoms with E-state index in [2.05, 4.69) is 9.97 Å². The fourth-order valence-electron chi connectivity index (χ4n) is 12.3. The van der Waals surface area contributed by atoms with Gasteiger partial charge in [0.25, 0.3) is 0 Å². The number of aromatic nitrogens is 2. The first-order chi connectivity index (χ1) is 44.9. The number of nitrogens with one attached hydrogen (secondary N) is 2. The van der Waals surface area contributed by atoms with Gasteiger partial charge in [-0.1, -0.05) is 0 Å². The first-order valence-corrected chi connectivity index (χ1v) is 33.2. The van der Waals surface area contributed by atoms with Crippen LogP contribution in [0.1, 0.15) is 38.3 Å². The van der Waals surface area contributed by atoms with Crippen LogP contribution in [-0.2, 0) is 77.5 Å². The van der Waals surface area contributed by atoms with E-state index < -0.39 is 248 Å². The molecule has 35 unspecified atom stereocenters. The van der Waals surface area contributed by atoms with Crippen LogP contribution in [0.5, 0.6) is 0 Å². The molecule has 35 atom stereocenters. The van der Waals surface area contributed by atoms with Gasteiger partial charge in [0.15, 0.2) is 44.0 Å². The normalized spacial score (nSPS) is 47.4. The molecule has 0 radical (unpaired) electrons. The van der Waals surface area contributed by atoms with Gasteiger partial charge in [0.05, 0.1) is 51.6 Å². The maximum Gasteiger partial charge on any atom is 0.187 e. The Kier molecular flexibility index (Phi) is 28.0. The molecule has 21 aliphatic rings. The number of aliphatic hydroxyl groups is 19.